The molecule has 20 heavy (non-hydrogen) atoms. The first-order valence-corrected chi connectivity index (χ1v) is 7.40. The van der Waals surface area contributed by atoms with Gasteiger partial charge < -0.3 is 9.73 Å². The molecule has 0 aliphatic carbocycles. The highest BCUT2D eigenvalue weighted by Gasteiger charge is 2.17. The van der Waals surface area contributed by atoms with Gasteiger partial charge >= 0.3 is 0 Å². The maximum atomic E-state index is 12.2. The van der Waals surface area contributed by atoms with Gasteiger partial charge in [-0.2, -0.15) is 0 Å². The Balaban J connectivity index is 2.14. The van der Waals surface area contributed by atoms with Crippen LogP contribution in [0, 0.1) is 12.8 Å². The Kier molecular flexibility index (Phi) is 4.71. The van der Waals surface area contributed by atoms with Crippen molar-refractivity contribution in [2.24, 2.45) is 5.92 Å². The molecule has 0 aliphatic heterocycles. The van der Waals surface area contributed by atoms with E-state index in [2.05, 4.69) is 19.2 Å². The van der Waals surface area contributed by atoms with Gasteiger partial charge in [0.25, 0.3) is 5.91 Å². The van der Waals surface area contributed by atoms with Crippen LogP contribution in [0.4, 0.5) is 0 Å². The molecular formula is C16H20ClNO2. The Morgan fingerprint density at radius 1 is 1.35 bits per heavy atom. The molecule has 1 heterocycles. The molecule has 0 aliphatic rings. The molecule has 1 aromatic carbocycles. The van der Waals surface area contributed by atoms with Crippen molar-refractivity contribution >= 4 is 28.5 Å². The summed E-state index contributed by atoms with van der Waals surface area (Å²) in [5.74, 6) is 1.02. The molecule has 0 saturated carbocycles. The Labute approximate surface area is 124 Å². The summed E-state index contributed by atoms with van der Waals surface area (Å²) in [7, 11) is 0. The topological polar surface area (TPSA) is 42.2 Å². The lowest BCUT2D eigenvalue weighted by molar-refractivity contribution is 0.0911. The van der Waals surface area contributed by atoms with Gasteiger partial charge in [-0.3, -0.25) is 4.79 Å². The Hall–Kier alpha value is -1.48. The number of carbonyl (C=O) groups is 1. The Morgan fingerprint density at radius 3 is 2.75 bits per heavy atom. The highest BCUT2D eigenvalue weighted by molar-refractivity contribution is 6.18. The summed E-state index contributed by atoms with van der Waals surface area (Å²) in [4.78, 5) is 12.2. The number of benzene rings is 1. The van der Waals surface area contributed by atoms with Crippen molar-refractivity contribution in [1.82, 2.24) is 5.32 Å². The number of hydrogen-bond acceptors (Lipinski definition) is 2. The molecule has 4 heteroatoms. The molecule has 108 valence electrons. The van der Waals surface area contributed by atoms with Crippen LogP contribution in [-0.2, 0) is 0 Å². The van der Waals surface area contributed by atoms with Gasteiger partial charge in [-0.1, -0.05) is 25.5 Å². The number of halogens is 1. The summed E-state index contributed by atoms with van der Waals surface area (Å²) in [6, 6.07) is 7.60. The van der Waals surface area contributed by atoms with Crippen LogP contribution in [0.25, 0.3) is 11.0 Å². The number of fused-ring (bicyclic) bond motifs is 1. The zero-order chi connectivity index (χ0) is 14.7. The summed E-state index contributed by atoms with van der Waals surface area (Å²) >= 11 is 5.90. The van der Waals surface area contributed by atoms with Crippen LogP contribution < -0.4 is 5.32 Å². The number of rotatable bonds is 5. The van der Waals surface area contributed by atoms with Gasteiger partial charge in [0.1, 0.15) is 5.58 Å². The third-order valence-electron chi connectivity index (χ3n) is 3.17. The molecule has 0 spiro atoms. The molecule has 2 aromatic rings. The SMILES string of the molecule is Cc1ccc2oc(C(=O)NC(CCl)CC(C)C)cc2c1. The van der Waals surface area contributed by atoms with E-state index >= 15 is 0 Å². The van der Waals surface area contributed by atoms with E-state index in [0.29, 0.717) is 17.6 Å². The molecule has 0 fully saturated rings. The molecule has 1 aromatic heterocycles. The van der Waals surface area contributed by atoms with Gasteiger partial charge in [-0.15, -0.1) is 11.6 Å². The van der Waals surface area contributed by atoms with Crippen LogP contribution in [-0.4, -0.2) is 17.8 Å². The molecule has 2 rings (SSSR count). The first-order chi connectivity index (χ1) is 9.49. The average molecular weight is 294 g/mol. The molecule has 3 nitrogen and oxygen atoms in total. The van der Waals surface area contributed by atoms with Crippen LogP contribution in [0.3, 0.4) is 0 Å². The lowest BCUT2D eigenvalue weighted by Crippen LogP contribution is -2.36. The van der Waals surface area contributed by atoms with Crippen molar-refractivity contribution < 1.29 is 9.21 Å². The second kappa shape index (κ2) is 6.31. The maximum absolute atomic E-state index is 12.2. The summed E-state index contributed by atoms with van der Waals surface area (Å²) in [6.45, 7) is 6.23. The quantitative estimate of drug-likeness (QED) is 0.843. The van der Waals surface area contributed by atoms with Gasteiger partial charge in [0.2, 0.25) is 0 Å². The minimum atomic E-state index is -0.204. The number of nitrogens with one attached hydrogen (secondary N) is 1. The fraction of sp³-hybridized carbons (Fsp3) is 0.438. The average Bonchev–Trinajstić information content (AvgIpc) is 2.80. The van der Waals surface area contributed by atoms with Gasteiger partial charge in [0.05, 0.1) is 0 Å². The van der Waals surface area contributed by atoms with Crippen molar-refractivity contribution in [3.8, 4) is 0 Å². The van der Waals surface area contributed by atoms with E-state index in [1.54, 1.807) is 6.07 Å². The number of furan rings is 1. The highest BCUT2D eigenvalue weighted by Crippen LogP contribution is 2.20. The molecule has 0 saturated heterocycles. The normalized spacial score (nSPS) is 12.8. The van der Waals surface area contributed by atoms with Gasteiger partial charge in [0.15, 0.2) is 5.76 Å². The monoisotopic (exact) mass is 293 g/mol. The van der Waals surface area contributed by atoms with E-state index in [9.17, 15) is 4.79 Å². The first kappa shape index (κ1) is 14.9. The van der Waals surface area contributed by atoms with Crippen molar-refractivity contribution in [3.05, 3.63) is 35.6 Å². The second-order valence-electron chi connectivity index (χ2n) is 5.61. The van der Waals surface area contributed by atoms with E-state index in [4.69, 9.17) is 16.0 Å². The molecule has 1 N–H and O–H groups in total. The predicted molar refractivity (Wildman–Crippen MR) is 82.4 cm³/mol. The number of alkyl halides is 1. The number of carbonyl (C=O) groups excluding carboxylic acids is 1. The highest BCUT2D eigenvalue weighted by atomic mass is 35.5. The minimum Gasteiger partial charge on any atom is -0.451 e. The molecule has 1 amide bonds. The van der Waals surface area contributed by atoms with E-state index < -0.39 is 0 Å². The van der Waals surface area contributed by atoms with Crippen LogP contribution >= 0.6 is 11.6 Å². The number of hydrogen-bond donors (Lipinski definition) is 1. The van der Waals surface area contributed by atoms with Gasteiger partial charge in [-0.05, 0) is 37.5 Å². The van der Waals surface area contributed by atoms with Crippen molar-refractivity contribution in [3.63, 3.8) is 0 Å². The lowest BCUT2D eigenvalue weighted by Gasteiger charge is -2.17. The number of aryl methyl sites for hydroxylation is 1. The fourth-order valence-corrected chi connectivity index (χ4v) is 2.46. The maximum Gasteiger partial charge on any atom is 0.287 e. The second-order valence-corrected chi connectivity index (χ2v) is 5.91. The Bertz CT molecular complexity index is 604. The van der Waals surface area contributed by atoms with E-state index in [0.717, 1.165) is 23.0 Å². The fourth-order valence-electron chi connectivity index (χ4n) is 2.26. The van der Waals surface area contributed by atoms with Crippen LogP contribution in [0.1, 0.15) is 36.4 Å². The van der Waals surface area contributed by atoms with Crippen molar-refractivity contribution in [1.29, 1.82) is 0 Å². The predicted octanol–water partition coefficient (Wildman–Crippen LogP) is 4.12. The van der Waals surface area contributed by atoms with Gasteiger partial charge in [0, 0.05) is 17.3 Å². The van der Waals surface area contributed by atoms with E-state index in [1.807, 2.05) is 25.1 Å². The first-order valence-electron chi connectivity index (χ1n) is 6.86. The minimum absolute atomic E-state index is 0.0286. The van der Waals surface area contributed by atoms with Crippen LogP contribution in [0.5, 0.6) is 0 Å². The van der Waals surface area contributed by atoms with Crippen molar-refractivity contribution in [2.45, 2.75) is 33.2 Å². The van der Waals surface area contributed by atoms with E-state index in [-0.39, 0.29) is 11.9 Å². The molecular weight excluding hydrogens is 274 g/mol. The molecule has 0 radical (unpaired) electrons. The third kappa shape index (κ3) is 3.54. The Morgan fingerprint density at radius 2 is 2.10 bits per heavy atom. The zero-order valence-electron chi connectivity index (χ0n) is 12.1. The lowest BCUT2D eigenvalue weighted by atomic mass is 10.1. The van der Waals surface area contributed by atoms with Gasteiger partial charge in [-0.25, -0.2) is 0 Å². The third-order valence-corrected chi connectivity index (χ3v) is 3.55. The zero-order valence-corrected chi connectivity index (χ0v) is 12.8. The van der Waals surface area contributed by atoms with Crippen LogP contribution in [0.2, 0.25) is 0 Å². The smallest absolute Gasteiger partial charge is 0.287 e. The van der Waals surface area contributed by atoms with Crippen molar-refractivity contribution in [2.75, 3.05) is 5.88 Å². The summed E-state index contributed by atoms with van der Waals surface area (Å²) in [5.41, 5.74) is 1.87. The standard InChI is InChI=1S/C16H20ClNO2/c1-10(2)6-13(9-17)18-16(19)15-8-12-7-11(3)4-5-14(12)20-15/h4-5,7-8,10,13H,6,9H2,1-3H3,(H,18,19). The van der Waals surface area contributed by atoms with Crippen LogP contribution in [0.15, 0.2) is 28.7 Å². The summed E-state index contributed by atoms with van der Waals surface area (Å²) < 4.78 is 5.58. The summed E-state index contributed by atoms with van der Waals surface area (Å²) in [5, 5.41) is 3.87. The van der Waals surface area contributed by atoms with E-state index in [1.165, 1.54) is 0 Å². The molecule has 0 bridgehead atoms. The molecule has 1 unspecified atom stereocenters. The number of amides is 1. The summed E-state index contributed by atoms with van der Waals surface area (Å²) in [6.07, 6.45) is 0.856. The molecule has 1 atom stereocenters. The largest absolute Gasteiger partial charge is 0.451 e.